The van der Waals surface area contributed by atoms with Crippen LogP contribution in [0.4, 0.5) is 22.0 Å². The number of esters is 1. The molecule has 0 radical (unpaired) electrons. The van der Waals surface area contributed by atoms with Crippen LogP contribution in [0.1, 0.15) is 40.7 Å². The lowest BCUT2D eigenvalue weighted by atomic mass is 10.0. The summed E-state index contributed by atoms with van der Waals surface area (Å²) >= 11 is 1.46. The van der Waals surface area contributed by atoms with E-state index in [0.717, 1.165) is 7.11 Å². The SMILES string of the molecule is CCc1c(I)c(C(F)F)nc(C(F)(F)F)c1C(=O)OC. The van der Waals surface area contributed by atoms with Gasteiger partial charge in [0.2, 0.25) is 0 Å². The molecule has 1 aromatic rings. The Morgan fingerprint density at radius 1 is 1.40 bits per heavy atom. The third-order valence-electron chi connectivity index (χ3n) is 2.48. The number of methoxy groups -OCH3 is 1. The summed E-state index contributed by atoms with van der Waals surface area (Å²) in [5, 5.41) is 0. The number of rotatable bonds is 3. The monoisotopic (exact) mass is 409 g/mol. The molecule has 0 saturated carbocycles. The lowest BCUT2D eigenvalue weighted by molar-refractivity contribution is -0.142. The molecule has 0 amide bonds. The van der Waals surface area contributed by atoms with Gasteiger partial charge in [-0.05, 0) is 34.6 Å². The van der Waals surface area contributed by atoms with Crippen molar-refractivity contribution < 1.29 is 31.5 Å². The first kappa shape index (κ1) is 17.1. The normalized spacial score (nSPS) is 11.8. The van der Waals surface area contributed by atoms with Crippen molar-refractivity contribution in [2.24, 2.45) is 0 Å². The van der Waals surface area contributed by atoms with E-state index < -0.39 is 35.5 Å². The Bertz CT molecular complexity index is 531. The summed E-state index contributed by atoms with van der Waals surface area (Å²) in [6, 6.07) is 0. The van der Waals surface area contributed by atoms with Crippen LogP contribution in [0.15, 0.2) is 0 Å². The Morgan fingerprint density at radius 3 is 2.30 bits per heavy atom. The fraction of sp³-hybridized carbons (Fsp3) is 0.455. The molecule has 0 aliphatic rings. The van der Waals surface area contributed by atoms with Crippen molar-refractivity contribution in [3.05, 3.63) is 26.1 Å². The number of hydrogen-bond acceptors (Lipinski definition) is 3. The van der Waals surface area contributed by atoms with E-state index in [1.807, 2.05) is 0 Å². The van der Waals surface area contributed by atoms with Crippen LogP contribution >= 0.6 is 22.6 Å². The molecule has 20 heavy (non-hydrogen) atoms. The summed E-state index contributed by atoms with van der Waals surface area (Å²) in [7, 11) is 0.913. The largest absolute Gasteiger partial charge is 0.465 e. The zero-order valence-corrected chi connectivity index (χ0v) is 12.5. The van der Waals surface area contributed by atoms with Gasteiger partial charge < -0.3 is 4.74 Å². The van der Waals surface area contributed by atoms with Gasteiger partial charge in [-0.15, -0.1) is 0 Å². The zero-order valence-electron chi connectivity index (χ0n) is 10.3. The highest BCUT2D eigenvalue weighted by Crippen LogP contribution is 2.37. The molecule has 0 saturated heterocycles. The Labute approximate surface area is 124 Å². The molecule has 112 valence electrons. The molecular weight excluding hydrogens is 400 g/mol. The van der Waals surface area contributed by atoms with Gasteiger partial charge in [-0.1, -0.05) is 6.92 Å². The van der Waals surface area contributed by atoms with Crippen LogP contribution in [0.5, 0.6) is 0 Å². The van der Waals surface area contributed by atoms with Crippen molar-refractivity contribution in [3.63, 3.8) is 0 Å². The predicted octanol–water partition coefficient (Wildman–Crippen LogP) is 3.99. The highest BCUT2D eigenvalue weighted by Gasteiger charge is 2.41. The van der Waals surface area contributed by atoms with Gasteiger partial charge in [0.1, 0.15) is 5.69 Å². The van der Waals surface area contributed by atoms with E-state index in [1.54, 1.807) is 0 Å². The topological polar surface area (TPSA) is 39.2 Å². The number of hydrogen-bond donors (Lipinski definition) is 0. The van der Waals surface area contributed by atoms with Crippen LogP contribution in [0.25, 0.3) is 0 Å². The molecule has 0 atom stereocenters. The van der Waals surface area contributed by atoms with E-state index >= 15 is 0 Å². The number of aromatic nitrogens is 1. The Kier molecular flexibility index (Phi) is 5.27. The average molecular weight is 409 g/mol. The van der Waals surface area contributed by atoms with Crippen LogP contribution in [-0.4, -0.2) is 18.1 Å². The third kappa shape index (κ3) is 3.18. The van der Waals surface area contributed by atoms with E-state index in [0.29, 0.717) is 0 Å². The maximum atomic E-state index is 12.9. The van der Waals surface area contributed by atoms with E-state index in [9.17, 15) is 26.7 Å². The first-order valence-corrected chi connectivity index (χ1v) is 6.38. The minimum Gasteiger partial charge on any atom is -0.465 e. The summed E-state index contributed by atoms with van der Waals surface area (Å²) in [4.78, 5) is 14.5. The molecule has 1 rings (SSSR count). The molecular formula is C11H9F5INO2. The molecule has 0 aliphatic carbocycles. The summed E-state index contributed by atoms with van der Waals surface area (Å²) in [5.74, 6) is -1.25. The summed E-state index contributed by atoms with van der Waals surface area (Å²) in [6.07, 6.45) is -8.23. The molecule has 0 aromatic carbocycles. The van der Waals surface area contributed by atoms with Crippen LogP contribution in [0.2, 0.25) is 0 Å². The van der Waals surface area contributed by atoms with Gasteiger partial charge in [0.05, 0.1) is 12.7 Å². The Morgan fingerprint density at radius 2 is 1.95 bits per heavy atom. The number of ether oxygens (including phenoxy) is 1. The molecule has 0 N–H and O–H groups in total. The fourth-order valence-corrected chi connectivity index (χ4v) is 2.64. The molecule has 3 nitrogen and oxygen atoms in total. The quantitative estimate of drug-likeness (QED) is 0.431. The molecule has 0 aliphatic heterocycles. The third-order valence-corrected chi connectivity index (χ3v) is 3.68. The van der Waals surface area contributed by atoms with Crippen LogP contribution in [0.3, 0.4) is 0 Å². The first-order chi connectivity index (χ1) is 9.15. The number of nitrogens with zero attached hydrogens (tertiary/aromatic N) is 1. The van der Waals surface area contributed by atoms with Crippen molar-refractivity contribution in [2.75, 3.05) is 7.11 Å². The van der Waals surface area contributed by atoms with Gasteiger partial charge in [-0.25, -0.2) is 18.6 Å². The zero-order chi connectivity index (χ0) is 15.7. The molecule has 0 fully saturated rings. The van der Waals surface area contributed by atoms with Crippen LogP contribution in [0, 0.1) is 3.57 Å². The van der Waals surface area contributed by atoms with E-state index in [1.165, 1.54) is 29.5 Å². The van der Waals surface area contributed by atoms with Gasteiger partial charge in [-0.2, -0.15) is 13.2 Å². The molecule has 0 spiro atoms. The molecule has 9 heteroatoms. The minimum absolute atomic E-state index is 0.0337. The van der Waals surface area contributed by atoms with Crippen molar-refractivity contribution in [3.8, 4) is 0 Å². The number of carbonyl (C=O) groups is 1. The smallest absolute Gasteiger partial charge is 0.434 e. The van der Waals surface area contributed by atoms with Gasteiger partial charge in [-0.3, -0.25) is 0 Å². The molecule has 1 aromatic heterocycles. The lowest BCUT2D eigenvalue weighted by Gasteiger charge is -2.17. The second-order valence-corrected chi connectivity index (χ2v) is 4.74. The van der Waals surface area contributed by atoms with Crippen molar-refractivity contribution >= 4 is 28.6 Å². The van der Waals surface area contributed by atoms with Crippen molar-refractivity contribution in [1.82, 2.24) is 4.98 Å². The highest BCUT2D eigenvalue weighted by molar-refractivity contribution is 14.1. The second kappa shape index (κ2) is 6.19. The maximum absolute atomic E-state index is 12.9. The maximum Gasteiger partial charge on any atom is 0.434 e. The summed E-state index contributed by atoms with van der Waals surface area (Å²) in [6.45, 7) is 1.46. The van der Waals surface area contributed by atoms with Gasteiger partial charge >= 0.3 is 12.1 Å². The molecule has 0 unspecified atom stereocenters. The average Bonchev–Trinajstić information content (AvgIpc) is 2.35. The number of alkyl halides is 5. The van der Waals surface area contributed by atoms with Gasteiger partial charge in [0, 0.05) is 3.57 Å². The fourth-order valence-electron chi connectivity index (χ4n) is 1.64. The second-order valence-electron chi connectivity index (χ2n) is 3.66. The Hall–Kier alpha value is -1.00. The van der Waals surface area contributed by atoms with Gasteiger partial charge in [0.25, 0.3) is 6.43 Å². The molecule has 1 heterocycles. The van der Waals surface area contributed by atoms with Crippen molar-refractivity contribution in [2.45, 2.75) is 25.9 Å². The van der Waals surface area contributed by atoms with E-state index in [4.69, 9.17) is 0 Å². The van der Waals surface area contributed by atoms with Crippen LogP contribution in [-0.2, 0) is 17.3 Å². The van der Waals surface area contributed by atoms with Gasteiger partial charge in [0.15, 0.2) is 5.69 Å². The Balaban J connectivity index is 3.79. The first-order valence-electron chi connectivity index (χ1n) is 5.31. The standard InChI is InChI=1S/C11H9F5INO2/c1-3-4-5(10(19)20-2)8(11(14,15)16)18-7(6(4)17)9(12)13/h9H,3H2,1-2H3. The summed E-state index contributed by atoms with van der Waals surface area (Å²) < 4.78 is 68.5. The molecule has 0 bridgehead atoms. The van der Waals surface area contributed by atoms with E-state index in [2.05, 4.69) is 9.72 Å². The lowest BCUT2D eigenvalue weighted by Crippen LogP contribution is -2.21. The number of halogens is 6. The summed E-state index contributed by atoms with van der Waals surface area (Å²) in [5.41, 5.74) is -3.58. The number of carbonyl (C=O) groups excluding carboxylic acids is 1. The number of pyridine rings is 1. The minimum atomic E-state index is -5.03. The highest BCUT2D eigenvalue weighted by atomic mass is 127. The van der Waals surface area contributed by atoms with Crippen LogP contribution < -0.4 is 0 Å². The van der Waals surface area contributed by atoms with Crippen molar-refractivity contribution in [1.29, 1.82) is 0 Å². The predicted molar refractivity (Wildman–Crippen MR) is 67.6 cm³/mol. The van der Waals surface area contributed by atoms with E-state index in [-0.39, 0.29) is 15.6 Å².